The highest BCUT2D eigenvalue weighted by molar-refractivity contribution is 7.82. The third kappa shape index (κ3) is 7.51. The number of hydrogen-bond acceptors (Lipinski definition) is 5. The number of nitrogens with one attached hydrogen (secondary N) is 1. The van der Waals surface area contributed by atoms with Gasteiger partial charge in [0.1, 0.15) is 11.8 Å². The summed E-state index contributed by atoms with van der Waals surface area (Å²) in [6, 6.07) is 7.75. The van der Waals surface area contributed by atoms with Gasteiger partial charge in [-0.2, -0.15) is 0 Å². The minimum absolute atomic E-state index is 0.284. The fourth-order valence-electron chi connectivity index (χ4n) is 1.59. The van der Waals surface area contributed by atoms with Gasteiger partial charge in [0.15, 0.2) is 0 Å². The Morgan fingerprint density at radius 2 is 2.00 bits per heavy atom. The van der Waals surface area contributed by atoms with E-state index in [4.69, 9.17) is 20.3 Å². The van der Waals surface area contributed by atoms with E-state index in [2.05, 4.69) is 12.2 Å². The summed E-state index contributed by atoms with van der Waals surface area (Å²) in [6.45, 7) is 0.436. The Labute approximate surface area is 130 Å². The molecule has 1 unspecified atom stereocenters. The molecule has 1 N–H and O–H groups in total. The van der Waals surface area contributed by atoms with E-state index in [1.165, 1.54) is 0 Å². The monoisotopic (exact) mass is 333 g/mol. The summed E-state index contributed by atoms with van der Waals surface area (Å²) < 4.78 is 21.7. The molecule has 7 heteroatoms. The molecule has 2 atom stereocenters. The molecule has 0 saturated carbocycles. The van der Waals surface area contributed by atoms with Gasteiger partial charge in [-0.05, 0) is 32.0 Å². The first kappa shape index (κ1) is 18.0. The Morgan fingerprint density at radius 3 is 2.62 bits per heavy atom. The minimum Gasteiger partial charge on any atom is -0.405 e. The van der Waals surface area contributed by atoms with E-state index in [9.17, 15) is 9.36 Å². The van der Waals surface area contributed by atoms with Crippen molar-refractivity contribution in [1.82, 2.24) is 5.32 Å². The van der Waals surface area contributed by atoms with Gasteiger partial charge in [0, 0.05) is 11.2 Å². The molecule has 0 amide bonds. The Bertz CT molecular complexity index is 483. The molecule has 0 heterocycles. The normalized spacial score (nSPS) is 15.0. The molecule has 0 aliphatic heterocycles. The van der Waals surface area contributed by atoms with Crippen LogP contribution in [0, 0.1) is 0 Å². The zero-order valence-corrected chi connectivity index (χ0v) is 13.9. The van der Waals surface area contributed by atoms with E-state index in [0.29, 0.717) is 6.54 Å². The first-order valence-corrected chi connectivity index (χ1v) is 9.40. The van der Waals surface area contributed by atoms with Crippen molar-refractivity contribution in [3.05, 3.63) is 30.3 Å². The number of carbonyl (C=O) groups is 1. The van der Waals surface area contributed by atoms with Crippen LogP contribution in [-0.4, -0.2) is 18.6 Å². The predicted molar refractivity (Wildman–Crippen MR) is 83.6 cm³/mol. The predicted octanol–water partition coefficient (Wildman–Crippen LogP) is 4.12. The summed E-state index contributed by atoms with van der Waals surface area (Å²) in [4.78, 5) is 11.8. The summed E-state index contributed by atoms with van der Waals surface area (Å²) in [5.41, 5.74) is 0. The van der Waals surface area contributed by atoms with Gasteiger partial charge in [-0.15, -0.1) is 0 Å². The minimum atomic E-state index is -3.99. The summed E-state index contributed by atoms with van der Waals surface area (Å²) in [5.74, 6) is -0.409. The smallest absolute Gasteiger partial charge is 0.405 e. The number of halogens is 1. The fourth-order valence-corrected chi connectivity index (χ4v) is 2.82. The van der Waals surface area contributed by atoms with Crippen LogP contribution in [0.15, 0.2) is 30.3 Å². The number of unbranched alkanes of at least 4 members (excludes halogenated alkanes) is 2. The first-order chi connectivity index (χ1) is 9.94. The highest BCUT2D eigenvalue weighted by atomic mass is 35.7. The first-order valence-electron chi connectivity index (χ1n) is 6.96. The number of rotatable bonds is 9. The van der Waals surface area contributed by atoms with Crippen LogP contribution in [0.3, 0.4) is 0 Å². The van der Waals surface area contributed by atoms with Gasteiger partial charge in [0.05, 0.1) is 0 Å². The van der Waals surface area contributed by atoms with Crippen LogP contribution in [0.4, 0.5) is 0 Å². The number of benzene rings is 1. The van der Waals surface area contributed by atoms with Crippen LogP contribution in [0.25, 0.3) is 0 Å². The Hall–Kier alpha value is -1.03. The van der Waals surface area contributed by atoms with E-state index in [0.717, 1.165) is 19.3 Å². The molecule has 118 valence electrons. The molecule has 0 aromatic heterocycles. The molecular formula is C14H21ClNO4P. The van der Waals surface area contributed by atoms with Crippen LogP contribution < -0.4 is 9.84 Å². The zero-order valence-electron chi connectivity index (χ0n) is 12.3. The van der Waals surface area contributed by atoms with Crippen LogP contribution in [0.5, 0.6) is 5.75 Å². The highest BCUT2D eigenvalue weighted by Crippen LogP contribution is 2.53. The molecule has 0 aliphatic rings. The number of hydrogen-bond donors (Lipinski definition) is 1. The van der Waals surface area contributed by atoms with Crippen molar-refractivity contribution in [1.29, 1.82) is 0 Å². The molecule has 0 spiro atoms. The lowest BCUT2D eigenvalue weighted by molar-refractivity contribution is -0.136. The van der Waals surface area contributed by atoms with Gasteiger partial charge < -0.3 is 14.4 Å². The standard InChI is InChI=1S/C14H21ClNO4P/c1-3-4-8-11-16-12(2)14(17)20-21(15,18)19-13-9-6-5-7-10-13/h5-7,9-10,12,16H,3-4,8,11H2,1-2H3/t12-,21?/m0/s1. The van der Waals surface area contributed by atoms with Gasteiger partial charge in [0.25, 0.3) is 0 Å². The van der Waals surface area contributed by atoms with Crippen molar-refractivity contribution < 1.29 is 18.4 Å². The molecular weight excluding hydrogens is 313 g/mol. The van der Waals surface area contributed by atoms with E-state index in [1.54, 1.807) is 37.3 Å². The van der Waals surface area contributed by atoms with Gasteiger partial charge in [-0.1, -0.05) is 38.0 Å². The van der Waals surface area contributed by atoms with Crippen molar-refractivity contribution in [2.45, 2.75) is 39.2 Å². The Kier molecular flexibility index (Phi) is 7.79. The molecule has 1 aromatic carbocycles. The maximum absolute atomic E-state index is 11.9. The average Bonchev–Trinajstić information content (AvgIpc) is 2.43. The second-order valence-electron chi connectivity index (χ2n) is 4.63. The molecule has 21 heavy (non-hydrogen) atoms. The lowest BCUT2D eigenvalue weighted by Crippen LogP contribution is -2.35. The van der Waals surface area contributed by atoms with Crippen LogP contribution in [-0.2, 0) is 13.9 Å². The molecule has 5 nitrogen and oxygen atoms in total. The van der Waals surface area contributed by atoms with Gasteiger partial charge in [-0.25, -0.2) is 9.36 Å². The average molecular weight is 334 g/mol. The lowest BCUT2D eigenvalue weighted by Gasteiger charge is -2.16. The van der Waals surface area contributed by atoms with E-state index < -0.39 is 19.0 Å². The van der Waals surface area contributed by atoms with Gasteiger partial charge in [0.2, 0.25) is 0 Å². The van der Waals surface area contributed by atoms with Crippen molar-refractivity contribution in [2.75, 3.05) is 6.54 Å². The van der Waals surface area contributed by atoms with E-state index in [-0.39, 0.29) is 5.75 Å². The van der Waals surface area contributed by atoms with Crippen LogP contribution in [0.1, 0.15) is 33.1 Å². The number of para-hydroxylation sites is 1. The Morgan fingerprint density at radius 1 is 1.33 bits per heavy atom. The third-order valence-electron chi connectivity index (χ3n) is 2.74. The molecule has 1 aromatic rings. The van der Waals surface area contributed by atoms with Crippen molar-refractivity contribution >= 4 is 24.2 Å². The highest BCUT2D eigenvalue weighted by Gasteiger charge is 2.30. The third-order valence-corrected chi connectivity index (χ3v) is 3.98. The molecule has 0 saturated heterocycles. The molecule has 1 rings (SSSR count). The second kappa shape index (κ2) is 9.08. The van der Waals surface area contributed by atoms with Gasteiger partial charge >= 0.3 is 12.9 Å². The lowest BCUT2D eigenvalue weighted by atomic mass is 10.2. The quantitative estimate of drug-likeness (QED) is 0.544. The van der Waals surface area contributed by atoms with Gasteiger partial charge in [-0.3, -0.25) is 0 Å². The fraction of sp³-hybridized carbons (Fsp3) is 0.500. The van der Waals surface area contributed by atoms with E-state index in [1.807, 2.05) is 0 Å². The topological polar surface area (TPSA) is 64.6 Å². The zero-order chi connectivity index (χ0) is 15.7. The summed E-state index contributed by atoms with van der Waals surface area (Å²) in [7, 11) is 0. The second-order valence-corrected chi connectivity index (χ2v) is 7.10. The SMILES string of the molecule is CCCCCN[C@@H](C)C(=O)OP(=O)(Cl)Oc1ccccc1. The number of carbonyl (C=O) groups excluding carboxylic acids is 1. The molecule has 0 fully saturated rings. The maximum Gasteiger partial charge on any atom is 0.532 e. The largest absolute Gasteiger partial charge is 0.532 e. The summed E-state index contributed by atoms with van der Waals surface area (Å²) in [6.07, 6.45) is 3.15. The van der Waals surface area contributed by atoms with E-state index >= 15 is 0 Å². The maximum atomic E-state index is 11.9. The molecule has 0 aliphatic carbocycles. The van der Waals surface area contributed by atoms with Crippen molar-refractivity contribution in [2.24, 2.45) is 0 Å². The van der Waals surface area contributed by atoms with Crippen molar-refractivity contribution in [3.8, 4) is 5.75 Å². The molecule has 0 bridgehead atoms. The Balaban J connectivity index is 2.43. The summed E-state index contributed by atoms with van der Waals surface area (Å²) in [5, 5.41) is 2.99. The summed E-state index contributed by atoms with van der Waals surface area (Å²) >= 11 is 5.66. The van der Waals surface area contributed by atoms with Crippen LogP contribution in [0.2, 0.25) is 0 Å². The van der Waals surface area contributed by atoms with Crippen LogP contribution >= 0.6 is 18.2 Å². The molecule has 0 radical (unpaired) electrons. The van der Waals surface area contributed by atoms with Crippen molar-refractivity contribution in [3.63, 3.8) is 0 Å².